The molecule has 0 saturated carbocycles. The molecule has 1 aliphatic rings. The molecule has 4 rings (SSSR count). The number of nitrogens with zero attached hydrogens (tertiary/aromatic N) is 4. The molecule has 0 bridgehead atoms. The van der Waals surface area contributed by atoms with Crippen molar-refractivity contribution in [1.29, 1.82) is 0 Å². The van der Waals surface area contributed by atoms with Crippen LogP contribution in [0.2, 0.25) is 10.0 Å². The maximum absolute atomic E-state index is 14.0. The zero-order chi connectivity index (χ0) is 30.0. The van der Waals surface area contributed by atoms with Crippen molar-refractivity contribution in [2.75, 3.05) is 13.2 Å². The minimum Gasteiger partial charge on any atom is -0.494 e. The number of benzene rings is 3. The molecule has 0 spiro atoms. The molecule has 1 amide bonds. The molecular weight excluding hydrogens is 579 g/mol. The van der Waals surface area contributed by atoms with E-state index in [1.54, 1.807) is 48.5 Å². The van der Waals surface area contributed by atoms with Crippen molar-refractivity contribution in [2.45, 2.75) is 37.6 Å². The van der Waals surface area contributed by atoms with Gasteiger partial charge in [-0.25, -0.2) is 10.4 Å². The molecule has 0 saturated heterocycles. The van der Waals surface area contributed by atoms with Gasteiger partial charge in [-0.15, -0.1) is 6.58 Å². The van der Waals surface area contributed by atoms with Crippen molar-refractivity contribution >= 4 is 35.0 Å². The summed E-state index contributed by atoms with van der Waals surface area (Å²) in [5, 5.41) is 13.6. The van der Waals surface area contributed by atoms with Crippen LogP contribution in [-0.2, 0) is 22.6 Å². The first kappa shape index (κ1) is 30.9. The van der Waals surface area contributed by atoms with Crippen LogP contribution in [0.3, 0.4) is 0 Å². The number of hydrogen-bond donors (Lipinski definition) is 3. The summed E-state index contributed by atoms with van der Waals surface area (Å²) in [4.78, 5) is 21.7. The lowest BCUT2D eigenvalue weighted by molar-refractivity contribution is -0.129. The lowest BCUT2D eigenvalue weighted by Crippen LogP contribution is -2.52. The van der Waals surface area contributed by atoms with Gasteiger partial charge in [-0.05, 0) is 58.6 Å². The van der Waals surface area contributed by atoms with E-state index >= 15 is 0 Å². The number of aliphatic hydroxyl groups is 1. The van der Waals surface area contributed by atoms with E-state index in [1.807, 2.05) is 24.3 Å². The Morgan fingerprint density at radius 2 is 1.98 bits per heavy atom. The summed E-state index contributed by atoms with van der Waals surface area (Å²) in [5.74, 6) is 0.454. The maximum atomic E-state index is 14.0. The number of carbonyl (C=O) groups excluding carboxylic acids is 1. The second kappa shape index (κ2) is 14.7. The molecule has 3 aromatic rings. The van der Waals surface area contributed by atoms with Crippen molar-refractivity contribution in [3.05, 3.63) is 122 Å². The minimum absolute atomic E-state index is 0.0427. The molecule has 0 aromatic heterocycles. The van der Waals surface area contributed by atoms with E-state index in [-0.39, 0.29) is 32.0 Å². The minimum atomic E-state index is -1.44. The molecule has 0 fully saturated rings. The van der Waals surface area contributed by atoms with Gasteiger partial charge in [-0.3, -0.25) is 10.2 Å². The lowest BCUT2D eigenvalue weighted by Gasteiger charge is -2.30. The smallest absolute Gasteiger partial charge is 0.266 e. The predicted octanol–water partition coefficient (Wildman–Crippen LogP) is 6.22. The summed E-state index contributed by atoms with van der Waals surface area (Å²) in [6.45, 7) is 4.67. The number of rotatable bonds is 14. The molecule has 0 aliphatic carbocycles. The molecule has 0 unspecified atom stereocenters. The Morgan fingerprint density at radius 3 is 2.69 bits per heavy atom. The Kier molecular flexibility index (Phi) is 10.8. The van der Waals surface area contributed by atoms with Gasteiger partial charge in [-0.1, -0.05) is 64.7 Å². The predicted molar refractivity (Wildman–Crippen MR) is 162 cm³/mol. The van der Waals surface area contributed by atoms with E-state index in [0.717, 1.165) is 5.56 Å². The maximum Gasteiger partial charge on any atom is 0.266 e. The fourth-order valence-corrected chi connectivity index (χ4v) is 4.86. The average molecular weight is 610 g/mol. The Labute approximate surface area is 253 Å². The van der Waals surface area contributed by atoms with Crippen LogP contribution in [0.25, 0.3) is 10.4 Å². The van der Waals surface area contributed by atoms with E-state index in [4.69, 9.17) is 48.3 Å². The van der Waals surface area contributed by atoms with Crippen molar-refractivity contribution < 1.29 is 19.4 Å². The Bertz CT molecular complexity index is 1490. The number of halogens is 2. The van der Waals surface area contributed by atoms with Crippen LogP contribution in [0, 0.1) is 0 Å². The number of hydrogen-bond acceptors (Lipinski definition) is 7. The topological polar surface area (TPSA) is 141 Å². The van der Waals surface area contributed by atoms with Crippen LogP contribution >= 0.6 is 23.2 Å². The summed E-state index contributed by atoms with van der Waals surface area (Å²) < 4.78 is 12.1. The summed E-state index contributed by atoms with van der Waals surface area (Å²) in [7, 11) is 0. The second-order valence-electron chi connectivity index (χ2n) is 9.43. The van der Waals surface area contributed by atoms with Crippen molar-refractivity contribution in [3.8, 4) is 5.75 Å². The number of aliphatic imine (C=N–C) groups is 1. The number of carbonyl (C=O) groups is 1. The van der Waals surface area contributed by atoms with E-state index in [9.17, 15) is 4.79 Å². The summed E-state index contributed by atoms with van der Waals surface area (Å²) >= 11 is 12.2. The highest BCUT2D eigenvalue weighted by molar-refractivity contribution is 6.42. The third kappa shape index (κ3) is 7.23. The fourth-order valence-electron chi connectivity index (χ4n) is 4.54. The molecule has 1 aliphatic heterocycles. The van der Waals surface area contributed by atoms with Crippen molar-refractivity contribution in [1.82, 2.24) is 10.9 Å². The molecule has 2 atom stereocenters. The lowest BCUT2D eigenvalue weighted by atomic mass is 9.83. The quantitative estimate of drug-likeness (QED) is 0.0497. The SMILES string of the molecule is C=CC[C@]1(C(=O)NNCc2ccc(Cl)c(Cl)c2)N=C(c2ccc(OCCCO)cc2)O[C@H]1c1ccccc1CN=[N+]=[N-]. The molecule has 0 radical (unpaired) electrons. The summed E-state index contributed by atoms with van der Waals surface area (Å²) in [6.07, 6.45) is 1.44. The van der Waals surface area contributed by atoms with E-state index in [0.29, 0.717) is 45.5 Å². The Hall–Kier alpha value is -4.05. The molecule has 1 heterocycles. The van der Waals surface area contributed by atoms with Crippen molar-refractivity contribution in [2.24, 2.45) is 10.1 Å². The molecule has 3 aromatic carbocycles. The summed E-state index contributed by atoms with van der Waals surface area (Å²) in [5.41, 5.74) is 16.1. The van der Waals surface area contributed by atoms with Gasteiger partial charge in [0.05, 0.1) is 23.2 Å². The number of amides is 1. The van der Waals surface area contributed by atoms with Gasteiger partial charge in [0, 0.05) is 36.5 Å². The number of ether oxygens (including phenoxy) is 2. The van der Waals surface area contributed by atoms with Crippen LogP contribution in [0.15, 0.2) is 89.5 Å². The van der Waals surface area contributed by atoms with E-state index in [1.165, 1.54) is 0 Å². The average Bonchev–Trinajstić information content (AvgIpc) is 3.39. The monoisotopic (exact) mass is 608 g/mol. The van der Waals surface area contributed by atoms with Crippen LogP contribution in [-0.4, -0.2) is 35.7 Å². The zero-order valence-electron chi connectivity index (χ0n) is 22.7. The van der Waals surface area contributed by atoms with Crippen LogP contribution < -0.4 is 15.6 Å². The van der Waals surface area contributed by atoms with Crippen molar-refractivity contribution in [3.63, 3.8) is 0 Å². The van der Waals surface area contributed by atoms with Gasteiger partial charge < -0.3 is 14.6 Å². The van der Waals surface area contributed by atoms with Gasteiger partial charge in [0.1, 0.15) is 5.75 Å². The first-order valence-corrected chi connectivity index (χ1v) is 13.9. The van der Waals surface area contributed by atoms with Gasteiger partial charge in [-0.2, -0.15) is 0 Å². The largest absolute Gasteiger partial charge is 0.494 e. The molecule has 218 valence electrons. The van der Waals surface area contributed by atoms with Gasteiger partial charge in [0.25, 0.3) is 5.91 Å². The Morgan fingerprint density at radius 1 is 1.19 bits per heavy atom. The molecule has 10 nitrogen and oxygen atoms in total. The highest BCUT2D eigenvalue weighted by Crippen LogP contribution is 2.44. The van der Waals surface area contributed by atoms with Gasteiger partial charge in [0.15, 0.2) is 11.6 Å². The molecule has 12 heteroatoms. The zero-order valence-corrected chi connectivity index (χ0v) is 24.2. The summed E-state index contributed by atoms with van der Waals surface area (Å²) in [6, 6.07) is 19.6. The molecule has 42 heavy (non-hydrogen) atoms. The number of hydrazine groups is 1. The Balaban J connectivity index is 1.67. The second-order valence-corrected chi connectivity index (χ2v) is 10.2. The number of nitrogens with one attached hydrogen (secondary N) is 2. The highest BCUT2D eigenvalue weighted by Gasteiger charge is 2.53. The van der Waals surface area contributed by atoms with Crippen LogP contribution in [0.4, 0.5) is 0 Å². The third-order valence-electron chi connectivity index (χ3n) is 6.61. The van der Waals surface area contributed by atoms with Crippen LogP contribution in [0.1, 0.15) is 41.2 Å². The van der Waals surface area contributed by atoms with Gasteiger partial charge in [0.2, 0.25) is 5.90 Å². The first-order valence-electron chi connectivity index (χ1n) is 13.2. The van der Waals surface area contributed by atoms with Gasteiger partial charge >= 0.3 is 0 Å². The highest BCUT2D eigenvalue weighted by atomic mass is 35.5. The first-order chi connectivity index (χ1) is 20.4. The fraction of sp³-hybridized carbons (Fsp3) is 0.267. The molecule has 3 N–H and O–H groups in total. The van der Waals surface area contributed by atoms with E-state index in [2.05, 4.69) is 27.5 Å². The third-order valence-corrected chi connectivity index (χ3v) is 7.34. The number of azide groups is 1. The molecular formula is C30H30Cl2N6O4. The number of aliphatic hydroxyl groups excluding tert-OH is 1. The normalized spacial score (nSPS) is 17.5. The van der Waals surface area contributed by atoms with Crippen LogP contribution in [0.5, 0.6) is 5.75 Å². The van der Waals surface area contributed by atoms with E-state index < -0.39 is 17.6 Å². The standard InChI is InChI=1S/C30H30Cl2N6O4/c1-2-14-30(29(40)37-34-18-20-8-13-25(31)26(32)17-20)27(24-7-4-3-6-22(24)19-35-38-33)42-28(36-30)21-9-11-23(12-10-21)41-16-5-15-39/h2-4,6-13,17,27,34,39H,1,5,14-16,18-19H2,(H,37,40)/t27-,30-/m0/s1.